The Morgan fingerprint density at radius 2 is 1.70 bits per heavy atom. The SMILES string of the molecule is NC(=O)CCC(NC(=O)C1CCCN1C(=O)C(N)Cc1ccc(O)cc1)C(=O)NC(CCCN=C(N)N)C(=O)O. The predicted octanol–water partition coefficient (Wildman–Crippen LogP) is -2.37. The Morgan fingerprint density at radius 1 is 1.02 bits per heavy atom. The highest BCUT2D eigenvalue weighted by molar-refractivity contribution is 5.94. The molecule has 220 valence electrons. The molecule has 1 aromatic carbocycles. The van der Waals surface area contributed by atoms with Crippen LogP contribution in [0.25, 0.3) is 0 Å². The molecule has 12 N–H and O–H groups in total. The number of primary amides is 1. The minimum atomic E-state index is -1.30. The van der Waals surface area contributed by atoms with Crippen molar-refractivity contribution in [2.24, 2.45) is 27.9 Å². The van der Waals surface area contributed by atoms with Gasteiger partial charge in [-0.15, -0.1) is 0 Å². The molecular weight excluding hydrogens is 524 g/mol. The quantitative estimate of drug-likeness (QED) is 0.0639. The van der Waals surface area contributed by atoms with Crippen LogP contribution in [0.1, 0.15) is 44.1 Å². The number of hydrogen-bond acceptors (Lipinski definition) is 8. The number of benzene rings is 1. The molecule has 1 heterocycles. The summed E-state index contributed by atoms with van der Waals surface area (Å²) in [7, 11) is 0. The highest BCUT2D eigenvalue weighted by atomic mass is 16.4. The molecule has 1 aromatic rings. The highest BCUT2D eigenvalue weighted by Gasteiger charge is 2.38. The monoisotopic (exact) mass is 562 g/mol. The van der Waals surface area contributed by atoms with Crippen LogP contribution in [0.4, 0.5) is 0 Å². The summed E-state index contributed by atoms with van der Waals surface area (Å²) in [6.45, 7) is 0.444. The number of carboxylic acids is 1. The zero-order chi connectivity index (χ0) is 29.8. The van der Waals surface area contributed by atoms with Crippen LogP contribution in [0.3, 0.4) is 0 Å². The van der Waals surface area contributed by atoms with Gasteiger partial charge in [0.15, 0.2) is 5.96 Å². The molecule has 0 radical (unpaired) electrons. The number of aromatic hydroxyl groups is 1. The molecule has 0 aromatic heterocycles. The van der Waals surface area contributed by atoms with E-state index in [9.17, 15) is 34.2 Å². The van der Waals surface area contributed by atoms with Gasteiger partial charge >= 0.3 is 5.97 Å². The first kappa shape index (κ1) is 31.8. The maximum atomic E-state index is 13.2. The minimum absolute atomic E-state index is 0.0121. The Labute approximate surface area is 231 Å². The first-order valence-electron chi connectivity index (χ1n) is 12.9. The van der Waals surface area contributed by atoms with Gasteiger partial charge in [0, 0.05) is 19.5 Å². The van der Waals surface area contributed by atoms with E-state index in [-0.39, 0.29) is 56.9 Å². The number of carboxylic acid groups (broad SMARTS) is 1. The number of nitrogens with one attached hydrogen (secondary N) is 2. The zero-order valence-corrected chi connectivity index (χ0v) is 22.1. The lowest BCUT2D eigenvalue weighted by Crippen LogP contribution is -2.56. The Balaban J connectivity index is 2.07. The standard InChI is InChI=1S/C25H38N8O7/c26-16(13-14-5-7-15(34)8-6-14)23(38)33-12-2-4-19(33)22(37)31-17(9-10-20(27)35)21(36)32-18(24(39)40)3-1-11-30-25(28)29/h5-8,16-19,34H,1-4,9-13,26H2,(H2,27,35)(H,31,37)(H,32,36)(H,39,40)(H4,28,29,30). The second kappa shape index (κ2) is 15.3. The molecule has 15 nitrogen and oxygen atoms in total. The van der Waals surface area contributed by atoms with Crippen molar-refractivity contribution in [3.8, 4) is 5.75 Å². The molecule has 0 saturated carbocycles. The van der Waals surface area contributed by atoms with Gasteiger partial charge in [-0.3, -0.25) is 24.2 Å². The van der Waals surface area contributed by atoms with Crippen LogP contribution in [0, 0.1) is 0 Å². The predicted molar refractivity (Wildman–Crippen MR) is 144 cm³/mol. The number of guanidine groups is 1. The third-order valence-electron chi connectivity index (χ3n) is 6.42. The summed E-state index contributed by atoms with van der Waals surface area (Å²) in [4.78, 5) is 67.5. The molecule has 1 saturated heterocycles. The van der Waals surface area contributed by atoms with Crippen LogP contribution in [-0.4, -0.2) is 87.9 Å². The van der Waals surface area contributed by atoms with E-state index in [1.54, 1.807) is 12.1 Å². The first-order chi connectivity index (χ1) is 18.9. The second-order valence-electron chi connectivity index (χ2n) is 9.58. The molecule has 4 atom stereocenters. The van der Waals surface area contributed by atoms with Crippen molar-refractivity contribution >= 4 is 35.6 Å². The van der Waals surface area contributed by atoms with E-state index < -0.39 is 53.8 Å². The van der Waals surface area contributed by atoms with Gasteiger partial charge in [0.25, 0.3) is 0 Å². The number of phenolic OH excluding ortho intramolecular Hbond substituents is 1. The number of phenols is 1. The van der Waals surface area contributed by atoms with E-state index in [4.69, 9.17) is 22.9 Å². The minimum Gasteiger partial charge on any atom is -0.508 e. The van der Waals surface area contributed by atoms with Gasteiger partial charge < -0.3 is 48.7 Å². The molecule has 0 spiro atoms. The van der Waals surface area contributed by atoms with Crippen LogP contribution in [0.5, 0.6) is 5.75 Å². The van der Waals surface area contributed by atoms with E-state index in [1.807, 2.05) is 0 Å². The number of rotatable bonds is 15. The number of nitrogens with zero attached hydrogens (tertiary/aromatic N) is 2. The highest BCUT2D eigenvalue weighted by Crippen LogP contribution is 2.20. The Bertz CT molecular complexity index is 1090. The van der Waals surface area contributed by atoms with Gasteiger partial charge in [-0.2, -0.15) is 0 Å². The summed E-state index contributed by atoms with van der Waals surface area (Å²) < 4.78 is 0. The van der Waals surface area contributed by atoms with Crippen LogP contribution >= 0.6 is 0 Å². The number of carbonyl (C=O) groups is 5. The molecule has 1 aliphatic rings. The Kier molecular flexibility index (Phi) is 12.1. The molecule has 15 heteroatoms. The molecule has 2 rings (SSSR count). The fourth-order valence-corrected chi connectivity index (χ4v) is 4.35. The van der Waals surface area contributed by atoms with Crippen molar-refractivity contribution in [2.75, 3.05) is 13.1 Å². The van der Waals surface area contributed by atoms with Crippen molar-refractivity contribution in [1.82, 2.24) is 15.5 Å². The van der Waals surface area contributed by atoms with Crippen molar-refractivity contribution in [1.29, 1.82) is 0 Å². The lowest BCUT2D eigenvalue weighted by molar-refractivity contribution is -0.143. The van der Waals surface area contributed by atoms with E-state index in [0.29, 0.717) is 12.8 Å². The van der Waals surface area contributed by atoms with Crippen molar-refractivity contribution < 1.29 is 34.2 Å². The average Bonchev–Trinajstić information content (AvgIpc) is 3.38. The third kappa shape index (κ3) is 10.1. The van der Waals surface area contributed by atoms with Gasteiger partial charge in [0.05, 0.1) is 6.04 Å². The summed E-state index contributed by atoms with van der Waals surface area (Å²) in [6, 6.07) is 1.83. The van der Waals surface area contributed by atoms with Crippen LogP contribution in [-0.2, 0) is 30.4 Å². The smallest absolute Gasteiger partial charge is 0.326 e. The summed E-state index contributed by atoms with van der Waals surface area (Å²) in [5.41, 5.74) is 22.6. The lowest BCUT2D eigenvalue weighted by atomic mass is 10.0. The third-order valence-corrected chi connectivity index (χ3v) is 6.42. The number of carbonyl (C=O) groups excluding carboxylic acids is 4. The topological polar surface area (TPSA) is 270 Å². The fraction of sp³-hybridized carbons (Fsp3) is 0.520. The summed E-state index contributed by atoms with van der Waals surface area (Å²) >= 11 is 0. The number of aliphatic imine (C=N–C) groups is 1. The van der Waals surface area contributed by atoms with Crippen molar-refractivity contribution in [2.45, 2.75) is 69.1 Å². The molecule has 1 fully saturated rings. The van der Waals surface area contributed by atoms with E-state index in [1.165, 1.54) is 17.0 Å². The number of amides is 4. The maximum absolute atomic E-state index is 13.2. The molecule has 4 amide bonds. The van der Waals surface area contributed by atoms with Crippen LogP contribution < -0.4 is 33.6 Å². The van der Waals surface area contributed by atoms with E-state index >= 15 is 0 Å². The normalized spacial score (nSPS) is 16.8. The van der Waals surface area contributed by atoms with Gasteiger partial charge in [-0.05, 0) is 56.2 Å². The molecule has 4 unspecified atom stereocenters. The van der Waals surface area contributed by atoms with Gasteiger partial charge in [0.1, 0.15) is 23.9 Å². The molecule has 40 heavy (non-hydrogen) atoms. The number of hydrogen-bond donors (Lipinski definition) is 8. The fourth-order valence-electron chi connectivity index (χ4n) is 4.35. The molecular formula is C25H38N8O7. The zero-order valence-electron chi connectivity index (χ0n) is 22.1. The van der Waals surface area contributed by atoms with Gasteiger partial charge in [0.2, 0.25) is 23.6 Å². The summed E-state index contributed by atoms with van der Waals surface area (Å²) in [5.74, 6) is -3.97. The number of likely N-dealkylation sites (tertiary alicyclic amines) is 1. The van der Waals surface area contributed by atoms with Crippen molar-refractivity contribution in [3.63, 3.8) is 0 Å². The van der Waals surface area contributed by atoms with Gasteiger partial charge in [-0.25, -0.2) is 4.79 Å². The molecule has 0 bridgehead atoms. The largest absolute Gasteiger partial charge is 0.508 e. The summed E-state index contributed by atoms with van der Waals surface area (Å²) in [6.07, 6.45) is 0.906. The van der Waals surface area contributed by atoms with Crippen LogP contribution in [0.2, 0.25) is 0 Å². The Morgan fingerprint density at radius 3 is 2.30 bits per heavy atom. The van der Waals surface area contributed by atoms with E-state index in [2.05, 4.69) is 15.6 Å². The number of aliphatic carboxylic acids is 1. The number of nitrogens with two attached hydrogens (primary N) is 4. The molecule has 0 aliphatic carbocycles. The van der Waals surface area contributed by atoms with Gasteiger partial charge in [-0.1, -0.05) is 12.1 Å². The Hall–Kier alpha value is -4.40. The maximum Gasteiger partial charge on any atom is 0.326 e. The summed E-state index contributed by atoms with van der Waals surface area (Å²) in [5, 5.41) is 23.9. The van der Waals surface area contributed by atoms with E-state index in [0.717, 1.165) is 5.56 Å². The van der Waals surface area contributed by atoms with Crippen molar-refractivity contribution in [3.05, 3.63) is 29.8 Å². The first-order valence-corrected chi connectivity index (χ1v) is 12.9. The van der Waals surface area contributed by atoms with Crippen LogP contribution in [0.15, 0.2) is 29.3 Å². The average molecular weight is 563 g/mol. The second-order valence-corrected chi connectivity index (χ2v) is 9.58. The lowest BCUT2D eigenvalue weighted by Gasteiger charge is -2.28. The molecule has 1 aliphatic heterocycles.